The highest BCUT2D eigenvalue weighted by Crippen LogP contribution is 2.22. The number of nitrogens with one attached hydrogen (secondary N) is 3. The second kappa shape index (κ2) is 13.8. The van der Waals surface area contributed by atoms with Crippen molar-refractivity contribution in [2.24, 2.45) is 0 Å². The van der Waals surface area contributed by atoms with Crippen LogP contribution in [0.4, 0.5) is 11.4 Å². The molecule has 1 saturated carbocycles. The third kappa shape index (κ3) is 9.53. The molecule has 172 valence electrons. The highest BCUT2D eigenvalue weighted by molar-refractivity contribution is 6.00. The van der Waals surface area contributed by atoms with Gasteiger partial charge < -0.3 is 16.0 Å². The minimum Gasteiger partial charge on any atom is -0.349 e. The second-order valence-corrected chi connectivity index (χ2v) is 8.62. The Morgan fingerprint density at radius 3 is 1.77 bits per heavy atom. The van der Waals surface area contributed by atoms with E-state index in [1.807, 2.05) is 0 Å². The molecule has 3 N–H and O–H groups in total. The lowest BCUT2D eigenvalue weighted by Gasteiger charge is -2.23. The van der Waals surface area contributed by atoms with Crippen molar-refractivity contribution in [2.45, 2.75) is 103 Å². The van der Waals surface area contributed by atoms with Crippen LogP contribution in [0.15, 0.2) is 18.2 Å². The van der Waals surface area contributed by atoms with Crippen LogP contribution < -0.4 is 16.0 Å². The Morgan fingerprint density at radius 2 is 1.29 bits per heavy atom. The Labute approximate surface area is 186 Å². The largest absolute Gasteiger partial charge is 0.349 e. The average molecular weight is 430 g/mol. The molecule has 0 aliphatic heterocycles. The highest BCUT2D eigenvalue weighted by atomic mass is 16.2. The van der Waals surface area contributed by atoms with Crippen molar-refractivity contribution >= 4 is 29.1 Å². The summed E-state index contributed by atoms with van der Waals surface area (Å²) in [4.78, 5) is 37.5. The van der Waals surface area contributed by atoms with Gasteiger partial charge in [-0.25, -0.2) is 0 Å². The van der Waals surface area contributed by atoms with Gasteiger partial charge in [0.2, 0.25) is 11.8 Å². The molecular weight excluding hydrogens is 390 g/mol. The van der Waals surface area contributed by atoms with E-state index >= 15 is 0 Å². The molecule has 0 radical (unpaired) electrons. The van der Waals surface area contributed by atoms with Gasteiger partial charge in [-0.15, -0.1) is 0 Å². The Kier molecular flexibility index (Phi) is 11.1. The lowest BCUT2D eigenvalue weighted by Crippen LogP contribution is -2.36. The van der Waals surface area contributed by atoms with Crippen molar-refractivity contribution < 1.29 is 14.4 Å². The predicted molar refractivity (Wildman–Crippen MR) is 126 cm³/mol. The van der Waals surface area contributed by atoms with Gasteiger partial charge in [-0.3, -0.25) is 14.4 Å². The Bertz CT molecular complexity index is 684. The Balaban J connectivity index is 2.10. The van der Waals surface area contributed by atoms with E-state index in [-0.39, 0.29) is 23.8 Å². The predicted octanol–water partition coefficient (Wildman–Crippen LogP) is 5.79. The number of rotatable bonds is 12. The van der Waals surface area contributed by atoms with Crippen LogP contribution >= 0.6 is 0 Å². The van der Waals surface area contributed by atoms with Crippen molar-refractivity contribution in [1.82, 2.24) is 5.32 Å². The fraction of sp³-hybridized carbons (Fsp3) is 0.640. The van der Waals surface area contributed by atoms with Crippen LogP contribution in [0.1, 0.15) is 108 Å². The summed E-state index contributed by atoms with van der Waals surface area (Å²) in [6.45, 7) is 4.20. The van der Waals surface area contributed by atoms with E-state index in [1.54, 1.807) is 18.2 Å². The van der Waals surface area contributed by atoms with Crippen LogP contribution in [0.2, 0.25) is 0 Å². The summed E-state index contributed by atoms with van der Waals surface area (Å²) in [5, 5.41) is 8.91. The van der Waals surface area contributed by atoms with Gasteiger partial charge in [-0.1, -0.05) is 58.8 Å². The first kappa shape index (κ1) is 24.9. The number of anilines is 2. The van der Waals surface area contributed by atoms with Gasteiger partial charge in [-0.05, 0) is 43.9 Å². The molecule has 3 amide bonds. The molecular formula is C25H39N3O3. The van der Waals surface area contributed by atoms with E-state index in [0.29, 0.717) is 29.8 Å². The monoisotopic (exact) mass is 429 g/mol. The van der Waals surface area contributed by atoms with Gasteiger partial charge in [0, 0.05) is 35.8 Å². The zero-order valence-electron chi connectivity index (χ0n) is 19.2. The van der Waals surface area contributed by atoms with Crippen LogP contribution in [-0.2, 0) is 9.59 Å². The number of amides is 3. The van der Waals surface area contributed by atoms with Gasteiger partial charge in [-0.2, -0.15) is 0 Å². The van der Waals surface area contributed by atoms with Crippen LogP contribution in [0.5, 0.6) is 0 Å². The number of benzene rings is 1. The summed E-state index contributed by atoms with van der Waals surface area (Å²) in [6, 6.07) is 5.32. The molecule has 0 heterocycles. The maximum atomic E-state index is 12.9. The zero-order valence-corrected chi connectivity index (χ0v) is 19.2. The van der Waals surface area contributed by atoms with E-state index < -0.39 is 0 Å². The molecule has 6 nitrogen and oxygen atoms in total. The highest BCUT2D eigenvalue weighted by Gasteiger charge is 2.18. The fourth-order valence-corrected chi connectivity index (χ4v) is 3.94. The fourth-order valence-electron chi connectivity index (χ4n) is 3.94. The summed E-state index contributed by atoms with van der Waals surface area (Å²) in [6.07, 6.45) is 12.2. The Hall–Kier alpha value is -2.37. The SMILES string of the molecule is CCCCCC(=O)Nc1cc(NC(=O)CCCCC)cc(C(=O)NC2CCCCC2)c1. The quantitative estimate of drug-likeness (QED) is 0.368. The average Bonchev–Trinajstić information content (AvgIpc) is 2.74. The molecule has 31 heavy (non-hydrogen) atoms. The summed E-state index contributed by atoms with van der Waals surface area (Å²) in [5.74, 6) is -0.299. The molecule has 6 heteroatoms. The molecule has 2 rings (SSSR count). The number of hydrogen-bond acceptors (Lipinski definition) is 3. The first-order valence-corrected chi connectivity index (χ1v) is 12.1. The minimum atomic E-state index is -0.157. The lowest BCUT2D eigenvalue weighted by molar-refractivity contribution is -0.117. The smallest absolute Gasteiger partial charge is 0.251 e. The first-order chi connectivity index (χ1) is 15.0. The van der Waals surface area contributed by atoms with Crippen molar-refractivity contribution in [3.8, 4) is 0 Å². The molecule has 0 saturated heterocycles. The number of unbranched alkanes of at least 4 members (excludes halogenated alkanes) is 4. The van der Waals surface area contributed by atoms with Gasteiger partial charge in [0.1, 0.15) is 0 Å². The summed E-state index contributed by atoms with van der Waals surface area (Å²) in [7, 11) is 0. The molecule has 1 fully saturated rings. The third-order valence-electron chi connectivity index (χ3n) is 5.72. The normalized spacial score (nSPS) is 14.1. The van der Waals surface area contributed by atoms with Crippen LogP contribution in [-0.4, -0.2) is 23.8 Å². The minimum absolute atomic E-state index is 0.0708. The van der Waals surface area contributed by atoms with E-state index in [2.05, 4.69) is 29.8 Å². The van der Waals surface area contributed by atoms with Crippen molar-refractivity contribution in [2.75, 3.05) is 10.6 Å². The van der Waals surface area contributed by atoms with Crippen LogP contribution in [0.25, 0.3) is 0 Å². The number of carbonyl (C=O) groups is 3. The molecule has 1 aromatic rings. The maximum absolute atomic E-state index is 12.9. The third-order valence-corrected chi connectivity index (χ3v) is 5.72. The summed E-state index contributed by atoms with van der Waals surface area (Å²) in [5.41, 5.74) is 1.55. The lowest BCUT2D eigenvalue weighted by atomic mass is 9.95. The van der Waals surface area contributed by atoms with Crippen molar-refractivity contribution in [3.63, 3.8) is 0 Å². The molecule has 1 aliphatic rings. The van der Waals surface area contributed by atoms with Crippen LogP contribution in [0.3, 0.4) is 0 Å². The van der Waals surface area contributed by atoms with Crippen molar-refractivity contribution in [3.05, 3.63) is 23.8 Å². The van der Waals surface area contributed by atoms with E-state index in [0.717, 1.165) is 64.2 Å². The molecule has 0 atom stereocenters. The Morgan fingerprint density at radius 1 is 0.774 bits per heavy atom. The van der Waals surface area contributed by atoms with Gasteiger partial charge >= 0.3 is 0 Å². The standard InChI is InChI=1S/C25H39N3O3/c1-3-5-8-14-23(29)26-21-16-19(25(31)28-20-12-10-7-11-13-20)17-22(18-21)27-24(30)15-9-6-4-2/h16-18,20H,3-15H2,1-2H3,(H,26,29)(H,27,30)(H,28,31). The molecule has 1 aromatic carbocycles. The second-order valence-electron chi connectivity index (χ2n) is 8.62. The van der Waals surface area contributed by atoms with Crippen LogP contribution in [0, 0.1) is 0 Å². The molecule has 0 unspecified atom stereocenters. The molecule has 0 bridgehead atoms. The zero-order chi connectivity index (χ0) is 22.5. The molecule has 1 aliphatic carbocycles. The molecule has 0 spiro atoms. The first-order valence-electron chi connectivity index (χ1n) is 12.1. The number of carbonyl (C=O) groups excluding carboxylic acids is 3. The van der Waals surface area contributed by atoms with E-state index in [1.165, 1.54) is 6.42 Å². The molecule has 0 aromatic heterocycles. The van der Waals surface area contributed by atoms with Gasteiger partial charge in [0.15, 0.2) is 0 Å². The van der Waals surface area contributed by atoms with Crippen molar-refractivity contribution in [1.29, 1.82) is 0 Å². The number of hydrogen-bond donors (Lipinski definition) is 3. The van der Waals surface area contributed by atoms with Gasteiger partial charge in [0.25, 0.3) is 5.91 Å². The van der Waals surface area contributed by atoms with E-state index in [9.17, 15) is 14.4 Å². The summed E-state index contributed by atoms with van der Waals surface area (Å²) >= 11 is 0. The summed E-state index contributed by atoms with van der Waals surface area (Å²) < 4.78 is 0. The topological polar surface area (TPSA) is 87.3 Å². The van der Waals surface area contributed by atoms with Gasteiger partial charge in [0.05, 0.1) is 0 Å². The van der Waals surface area contributed by atoms with E-state index in [4.69, 9.17) is 0 Å². The maximum Gasteiger partial charge on any atom is 0.251 e.